The van der Waals surface area contributed by atoms with Crippen molar-refractivity contribution in [3.05, 3.63) is 0 Å². The van der Waals surface area contributed by atoms with E-state index in [0.29, 0.717) is 0 Å². The zero-order valence-corrected chi connectivity index (χ0v) is 9.46. The van der Waals surface area contributed by atoms with E-state index >= 15 is 0 Å². The van der Waals surface area contributed by atoms with Crippen LogP contribution < -0.4 is 0 Å². The molecule has 0 unspecified atom stereocenters. The van der Waals surface area contributed by atoms with Crippen LogP contribution in [0, 0.1) is 0 Å². The van der Waals surface area contributed by atoms with Gasteiger partial charge in [-0.05, 0) is 12.8 Å². The van der Waals surface area contributed by atoms with Crippen molar-refractivity contribution < 1.29 is 13.5 Å². The summed E-state index contributed by atoms with van der Waals surface area (Å²) < 4.78 is 25.1. The average Bonchev–Trinajstić information content (AvgIpc) is 2.19. The van der Waals surface area contributed by atoms with Gasteiger partial charge in [-0.15, -0.1) is 0 Å². The zero-order chi connectivity index (χ0) is 10.6. The smallest absolute Gasteiger partial charge is 0.216 e. The highest BCUT2D eigenvalue weighted by atomic mass is 32.2. The molecule has 0 spiro atoms. The fourth-order valence-electron chi connectivity index (χ4n) is 1.89. The number of hydrogen-bond donors (Lipinski definition) is 1. The van der Waals surface area contributed by atoms with E-state index in [1.54, 1.807) is 7.05 Å². The van der Waals surface area contributed by atoms with Gasteiger partial charge < -0.3 is 5.11 Å². The third-order valence-corrected chi connectivity index (χ3v) is 5.19. The summed E-state index contributed by atoms with van der Waals surface area (Å²) in [4.78, 5) is 0. The number of aliphatic hydroxyl groups excluding tert-OH is 1. The maximum atomic E-state index is 11.9. The Bertz CT molecular complexity index is 257. The molecule has 1 aliphatic carbocycles. The van der Waals surface area contributed by atoms with Crippen LogP contribution in [-0.2, 0) is 10.0 Å². The number of sulfonamides is 1. The Kier molecular flexibility index (Phi) is 4.34. The van der Waals surface area contributed by atoms with Crippen molar-refractivity contribution >= 4 is 10.0 Å². The van der Waals surface area contributed by atoms with Gasteiger partial charge in [-0.1, -0.05) is 19.3 Å². The number of likely N-dealkylation sites (N-methyl/N-ethyl adjacent to an activating group) is 1. The molecule has 0 bridgehead atoms. The molecule has 0 aromatic heterocycles. The fraction of sp³-hybridized carbons (Fsp3) is 1.00. The Hall–Kier alpha value is -0.130. The number of nitrogens with zero attached hydrogens (tertiary/aromatic N) is 1. The molecule has 1 N–H and O–H groups in total. The molecule has 0 saturated heterocycles. The molecular formula is C9H19NO3S. The first-order chi connectivity index (χ1) is 6.59. The highest BCUT2D eigenvalue weighted by molar-refractivity contribution is 7.89. The predicted octanol–water partition coefficient (Wildman–Crippen LogP) is 0.573. The second-order valence-electron chi connectivity index (χ2n) is 3.85. The van der Waals surface area contributed by atoms with E-state index in [1.165, 1.54) is 4.31 Å². The second-order valence-corrected chi connectivity index (χ2v) is 6.17. The first kappa shape index (κ1) is 11.9. The van der Waals surface area contributed by atoms with Gasteiger partial charge in [-0.2, -0.15) is 0 Å². The van der Waals surface area contributed by atoms with Crippen LogP contribution in [0.1, 0.15) is 32.1 Å². The summed E-state index contributed by atoms with van der Waals surface area (Å²) in [6.45, 7) is 0.0985. The van der Waals surface area contributed by atoms with E-state index in [-0.39, 0.29) is 18.4 Å². The number of rotatable bonds is 4. The fourth-order valence-corrected chi connectivity index (χ4v) is 3.66. The van der Waals surface area contributed by atoms with Crippen LogP contribution in [0.25, 0.3) is 0 Å². The summed E-state index contributed by atoms with van der Waals surface area (Å²) >= 11 is 0. The third-order valence-electron chi connectivity index (χ3n) is 2.82. The minimum absolute atomic E-state index is 0.109. The highest BCUT2D eigenvalue weighted by Gasteiger charge is 2.30. The molecular weight excluding hydrogens is 202 g/mol. The molecule has 0 amide bonds. The van der Waals surface area contributed by atoms with Crippen LogP contribution in [-0.4, -0.2) is 43.3 Å². The van der Waals surface area contributed by atoms with Crippen molar-refractivity contribution in [1.29, 1.82) is 0 Å². The Balaban J connectivity index is 2.62. The Labute approximate surface area is 86.0 Å². The SMILES string of the molecule is CN(CCO)S(=O)(=O)C1CCCCC1. The molecule has 4 nitrogen and oxygen atoms in total. The van der Waals surface area contributed by atoms with E-state index in [1.807, 2.05) is 0 Å². The Morgan fingerprint density at radius 2 is 1.86 bits per heavy atom. The van der Waals surface area contributed by atoms with Crippen LogP contribution in [0.5, 0.6) is 0 Å². The monoisotopic (exact) mass is 221 g/mol. The number of hydrogen-bond acceptors (Lipinski definition) is 3. The summed E-state index contributed by atoms with van der Waals surface area (Å²) in [5.74, 6) is 0. The molecule has 1 aliphatic rings. The predicted molar refractivity (Wildman–Crippen MR) is 55.5 cm³/mol. The number of aliphatic hydroxyl groups is 1. The normalized spacial score (nSPS) is 20.2. The van der Waals surface area contributed by atoms with Gasteiger partial charge in [0, 0.05) is 13.6 Å². The molecule has 5 heteroatoms. The third kappa shape index (κ3) is 2.68. The molecule has 0 aromatic rings. The van der Waals surface area contributed by atoms with Crippen LogP contribution in [0.3, 0.4) is 0 Å². The van der Waals surface area contributed by atoms with Gasteiger partial charge in [-0.3, -0.25) is 0 Å². The van der Waals surface area contributed by atoms with Crippen molar-refractivity contribution in [2.24, 2.45) is 0 Å². The van der Waals surface area contributed by atoms with Gasteiger partial charge in [0.15, 0.2) is 0 Å². The van der Waals surface area contributed by atoms with Crippen molar-refractivity contribution in [2.45, 2.75) is 37.4 Å². The minimum atomic E-state index is -3.15. The molecule has 1 saturated carbocycles. The zero-order valence-electron chi connectivity index (χ0n) is 8.65. The first-order valence-corrected chi connectivity index (χ1v) is 6.65. The summed E-state index contributed by atoms with van der Waals surface area (Å²) in [6, 6.07) is 0. The molecule has 0 atom stereocenters. The van der Waals surface area contributed by atoms with Crippen molar-refractivity contribution in [2.75, 3.05) is 20.2 Å². The van der Waals surface area contributed by atoms with Crippen LogP contribution >= 0.6 is 0 Å². The Morgan fingerprint density at radius 3 is 2.36 bits per heavy atom. The molecule has 1 fully saturated rings. The lowest BCUT2D eigenvalue weighted by molar-refractivity contribution is 0.264. The van der Waals surface area contributed by atoms with E-state index in [2.05, 4.69) is 0 Å². The van der Waals surface area contributed by atoms with Gasteiger partial charge in [-0.25, -0.2) is 12.7 Å². The highest BCUT2D eigenvalue weighted by Crippen LogP contribution is 2.25. The van der Waals surface area contributed by atoms with Crippen molar-refractivity contribution in [1.82, 2.24) is 4.31 Å². The summed E-state index contributed by atoms with van der Waals surface area (Å²) in [7, 11) is -1.61. The molecule has 14 heavy (non-hydrogen) atoms. The standard InChI is InChI=1S/C9H19NO3S/c1-10(7-8-11)14(12,13)9-5-3-2-4-6-9/h9,11H,2-8H2,1H3. The summed E-state index contributed by atoms with van der Waals surface area (Å²) in [5, 5.41) is 8.48. The van der Waals surface area contributed by atoms with Crippen molar-refractivity contribution in [3.8, 4) is 0 Å². The van der Waals surface area contributed by atoms with E-state index in [4.69, 9.17) is 5.11 Å². The summed E-state index contributed by atoms with van der Waals surface area (Å²) in [6.07, 6.45) is 4.72. The lowest BCUT2D eigenvalue weighted by Crippen LogP contribution is -2.38. The maximum absolute atomic E-state index is 11.9. The molecule has 0 radical (unpaired) electrons. The van der Waals surface area contributed by atoms with Crippen molar-refractivity contribution in [3.63, 3.8) is 0 Å². The largest absolute Gasteiger partial charge is 0.395 e. The van der Waals surface area contributed by atoms with Crippen LogP contribution in [0.4, 0.5) is 0 Å². The lowest BCUT2D eigenvalue weighted by atomic mass is 10.0. The van der Waals surface area contributed by atoms with E-state index in [0.717, 1.165) is 32.1 Å². The molecule has 1 rings (SSSR count). The van der Waals surface area contributed by atoms with Gasteiger partial charge in [0.25, 0.3) is 0 Å². The topological polar surface area (TPSA) is 57.6 Å². The molecule has 0 heterocycles. The van der Waals surface area contributed by atoms with Crippen LogP contribution in [0.15, 0.2) is 0 Å². The minimum Gasteiger partial charge on any atom is -0.395 e. The maximum Gasteiger partial charge on any atom is 0.216 e. The molecule has 84 valence electrons. The molecule has 0 aliphatic heterocycles. The van der Waals surface area contributed by atoms with Gasteiger partial charge in [0.2, 0.25) is 10.0 Å². The van der Waals surface area contributed by atoms with Crippen LogP contribution in [0.2, 0.25) is 0 Å². The van der Waals surface area contributed by atoms with Gasteiger partial charge >= 0.3 is 0 Å². The average molecular weight is 221 g/mol. The summed E-state index contributed by atoms with van der Waals surface area (Å²) in [5.41, 5.74) is 0. The lowest BCUT2D eigenvalue weighted by Gasteiger charge is -2.26. The Morgan fingerprint density at radius 1 is 1.29 bits per heavy atom. The molecule has 0 aromatic carbocycles. The van der Waals surface area contributed by atoms with Gasteiger partial charge in [0.05, 0.1) is 11.9 Å². The quantitative estimate of drug-likeness (QED) is 0.755. The van der Waals surface area contributed by atoms with E-state index < -0.39 is 10.0 Å². The first-order valence-electron chi connectivity index (χ1n) is 5.15. The van der Waals surface area contributed by atoms with Gasteiger partial charge in [0.1, 0.15) is 0 Å². The van der Waals surface area contributed by atoms with E-state index in [9.17, 15) is 8.42 Å². The second kappa shape index (κ2) is 5.09.